The molecule has 138 valence electrons. The van der Waals surface area contributed by atoms with Crippen LogP contribution in [0.25, 0.3) is 0 Å². The number of rotatable bonds is 9. The summed E-state index contributed by atoms with van der Waals surface area (Å²) < 4.78 is 0.409. The predicted molar refractivity (Wildman–Crippen MR) is 102 cm³/mol. The highest BCUT2D eigenvalue weighted by molar-refractivity contribution is 14.1. The zero-order valence-corrected chi connectivity index (χ0v) is 16.7. The molecule has 1 aliphatic heterocycles. The van der Waals surface area contributed by atoms with Gasteiger partial charge in [-0.05, 0) is 26.7 Å². The maximum atomic E-state index is 12.0. The highest BCUT2D eigenvalue weighted by Crippen LogP contribution is 2.21. The van der Waals surface area contributed by atoms with Crippen molar-refractivity contribution < 1.29 is 14.4 Å². The second kappa shape index (κ2) is 11.6. The lowest BCUT2D eigenvalue weighted by molar-refractivity contribution is -0.124. The summed E-state index contributed by atoms with van der Waals surface area (Å²) >= 11 is 1.98. The molecule has 0 spiro atoms. The first-order valence-electron chi connectivity index (χ1n) is 8.55. The third kappa shape index (κ3) is 8.27. The molecule has 0 aromatic carbocycles. The molecular weight excluding hydrogens is 428 g/mol. The lowest BCUT2D eigenvalue weighted by atomic mass is 10.3. The molecule has 8 heteroatoms. The van der Waals surface area contributed by atoms with Crippen LogP contribution in [0.1, 0.15) is 39.5 Å². The number of amides is 3. The molecular formula is C16H29IN4O3. The van der Waals surface area contributed by atoms with Crippen molar-refractivity contribution in [2.75, 3.05) is 30.6 Å². The van der Waals surface area contributed by atoms with E-state index in [9.17, 15) is 14.4 Å². The SMILES string of the molecule is [13CH3][13CH]1CCC[13CH]([13CH3])[15N]1CC(=O)NCCC(=O)NCCNC(=O)CI. The van der Waals surface area contributed by atoms with E-state index >= 15 is 0 Å². The molecule has 3 amide bonds. The van der Waals surface area contributed by atoms with Crippen molar-refractivity contribution in [1.29, 1.82) is 0 Å². The van der Waals surface area contributed by atoms with Crippen LogP contribution >= 0.6 is 22.6 Å². The molecule has 0 aromatic rings. The standard InChI is InChI=1S/C16H29IN4O3/c1-12-4-3-5-13(2)21(12)11-16(24)18-7-6-14(22)19-8-9-20-15(23)10-17/h12-13H,3-11H2,1-2H3,(H,18,24)(H,19,22)(H,20,23)/i1+1,2+1,12+1,13+1,21+1. The van der Waals surface area contributed by atoms with Crippen molar-refractivity contribution in [3.05, 3.63) is 0 Å². The normalized spacial score (nSPS) is 21.1. The summed E-state index contributed by atoms with van der Waals surface area (Å²) in [6.45, 7) is 5.87. The predicted octanol–water partition coefficient (Wildman–Crippen LogP) is 0.423. The third-order valence-electron chi connectivity index (χ3n) is 4.27. The topological polar surface area (TPSA) is 90.5 Å². The molecule has 1 rings (SSSR count). The van der Waals surface area contributed by atoms with Crippen LogP contribution in [0.2, 0.25) is 0 Å². The van der Waals surface area contributed by atoms with Crippen LogP contribution in [0.3, 0.4) is 0 Å². The van der Waals surface area contributed by atoms with Crippen molar-refractivity contribution in [3.63, 3.8) is 0 Å². The van der Waals surface area contributed by atoms with Crippen LogP contribution in [0, 0.1) is 0 Å². The molecule has 1 saturated heterocycles. The average Bonchev–Trinajstić information content (AvgIpc) is 2.55. The molecule has 3 N–H and O–H groups in total. The number of likely N-dealkylation sites (tertiary alicyclic amines) is 1. The summed E-state index contributed by atoms with van der Waals surface area (Å²) in [6, 6.07) is 0.862. The summed E-state index contributed by atoms with van der Waals surface area (Å²) in [5.74, 6) is -0.199. The summed E-state index contributed by atoms with van der Waals surface area (Å²) in [5.41, 5.74) is 0. The van der Waals surface area contributed by atoms with Crippen LogP contribution in [-0.4, -0.2) is 65.3 Å². The van der Waals surface area contributed by atoms with Gasteiger partial charge in [-0.15, -0.1) is 0 Å². The molecule has 24 heavy (non-hydrogen) atoms. The second-order valence-electron chi connectivity index (χ2n) is 6.23. The molecule has 0 saturated carbocycles. The van der Waals surface area contributed by atoms with Crippen molar-refractivity contribution in [3.8, 4) is 0 Å². The summed E-state index contributed by atoms with van der Waals surface area (Å²) in [6.07, 6.45) is 3.73. The Balaban J connectivity index is 2.11. The van der Waals surface area contributed by atoms with Crippen LogP contribution < -0.4 is 16.0 Å². The Morgan fingerprint density at radius 2 is 1.46 bits per heavy atom. The molecule has 1 heterocycles. The largest absolute Gasteiger partial charge is 0.354 e. The van der Waals surface area contributed by atoms with E-state index in [1.54, 1.807) is 0 Å². The van der Waals surface area contributed by atoms with Gasteiger partial charge in [-0.3, -0.25) is 19.3 Å². The first kappa shape index (κ1) is 21.1. The average molecular weight is 457 g/mol. The minimum atomic E-state index is -0.126. The Hall–Kier alpha value is -0.900. The van der Waals surface area contributed by atoms with Gasteiger partial charge < -0.3 is 16.0 Å². The number of carbonyl (C=O) groups is 3. The van der Waals surface area contributed by atoms with E-state index in [1.165, 1.54) is 6.42 Å². The quantitative estimate of drug-likeness (QED) is 0.154. The minimum Gasteiger partial charge on any atom is -0.354 e. The number of nitrogens with zero attached hydrogens (tertiary/aromatic N) is 1. The lowest BCUT2D eigenvalue weighted by Gasteiger charge is -2.38. The molecule has 0 radical (unpaired) electrons. The van der Waals surface area contributed by atoms with Crippen LogP contribution in [0.4, 0.5) is 0 Å². The number of alkyl halides is 1. The highest BCUT2D eigenvalue weighted by Gasteiger charge is 2.26. The molecule has 2 atom stereocenters. The van der Waals surface area contributed by atoms with Crippen molar-refractivity contribution in [1.82, 2.24) is 20.9 Å². The Labute approximate surface area is 157 Å². The van der Waals surface area contributed by atoms with E-state index in [0.717, 1.165) is 12.8 Å². The van der Waals surface area contributed by atoms with Crippen molar-refractivity contribution in [2.45, 2.75) is 51.6 Å². The molecule has 1 aliphatic rings. The van der Waals surface area contributed by atoms with Crippen LogP contribution in [0.5, 0.6) is 0 Å². The van der Waals surface area contributed by atoms with Gasteiger partial charge in [0, 0.05) is 38.1 Å². The Bertz CT molecular complexity index is 424. The first-order valence-corrected chi connectivity index (χ1v) is 10.1. The van der Waals surface area contributed by atoms with E-state index < -0.39 is 0 Å². The molecule has 0 bridgehead atoms. The number of carbonyl (C=O) groups excluding carboxylic acids is 3. The lowest BCUT2D eigenvalue weighted by Crippen LogP contribution is -2.49. The highest BCUT2D eigenvalue weighted by atomic mass is 127. The number of hydrogen-bond donors (Lipinski definition) is 3. The van der Waals surface area contributed by atoms with Gasteiger partial charge in [-0.1, -0.05) is 29.0 Å². The second-order valence-corrected chi connectivity index (χ2v) is 7.00. The molecule has 1 fully saturated rings. The summed E-state index contributed by atoms with van der Waals surface area (Å²) in [7, 11) is 0. The number of piperidine rings is 1. The number of hydrogen-bond acceptors (Lipinski definition) is 4. The smallest absolute Gasteiger partial charge is 0.234 e. The van der Waals surface area contributed by atoms with E-state index in [2.05, 4.69) is 34.7 Å². The van der Waals surface area contributed by atoms with Gasteiger partial charge in [0.1, 0.15) is 0 Å². The van der Waals surface area contributed by atoms with Gasteiger partial charge in [0.25, 0.3) is 0 Å². The molecule has 2 unspecified atom stereocenters. The Kier molecular flexibility index (Phi) is 10.2. The van der Waals surface area contributed by atoms with Gasteiger partial charge in [-0.2, -0.15) is 0 Å². The molecule has 0 aromatic heterocycles. The van der Waals surface area contributed by atoms with Gasteiger partial charge in [0.15, 0.2) is 0 Å². The third-order valence-corrected chi connectivity index (χ3v) is 4.96. The maximum Gasteiger partial charge on any atom is 0.234 e. The maximum absolute atomic E-state index is 12.0. The fourth-order valence-corrected chi connectivity index (χ4v) is 3.13. The Morgan fingerprint density at radius 3 is 2.04 bits per heavy atom. The number of nitrogens with one attached hydrogen (secondary N) is 3. The zero-order valence-electron chi connectivity index (χ0n) is 14.6. The van der Waals surface area contributed by atoms with Gasteiger partial charge >= 0.3 is 0 Å². The fourth-order valence-electron chi connectivity index (χ4n) is 2.86. The van der Waals surface area contributed by atoms with Crippen LogP contribution in [0.15, 0.2) is 0 Å². The number of halogens is 1. The molecule has 7 nitrogen and oxygen atoms in total. The van der Waals surface area contributed by atoms with E-state index in [4.69, 9.17) is 0 Å². The monoisotopic (exact) mass is 457 g/mol. The van der Waals surface area contributed by atoms with Gasteiger partial charge in [0.2, 0.25) is 17.7 Å². The van der Waals surface area contributed by atoms with Crippen molar-refractivity contribution >= 4 is 40.3 Å². The van der Waals surface area contributed by atoms with E-state index in [1.807, 2.05) is 22.6 Å². The minimum absolute atomic E-state index is 0.0299. The fraction of sp³-hybridized carbons (Fsp3) is 0.812. The zero-order chi connectivity index (χ0) is 17.9. The Morgan fingerprint density at radius 1 is 0.917 bits per heavy atom. The van der Waals surface area contributed by atoms with E-state index in [0.29, 0.717) is 42.7 Å². The first-order chi connectivity index (χ1) is 11.4. The molecule has 0 aliphatic carbocycles. The van der Waals surface area contributed by atoms with Gasteiger partial charge in [-0.25, -0.2) is 0 Å². The summed E-state index contributed by atoms with van der Waals surface area (Å²) in [5, 5.41) is 8.20. The van der Waals surface area contributed by atoms with Crippen molar-refractivity contribution in [2.24, 2.45) is 0 Å². The summed E-state index contributed by atoms with van der Waals surface area (Å²) in [4.78, 5) is 36.9. The van der Waals surface area contributed by atoms with Gasteiger partial charge in [0.05, 0.1) is 11.0 Å². The van der Waals surface area contributed by atoms with Crippen LogP contribution in [-0.2, 0) is 14.4 Å². The van der Waals surface area contributed by atoms with E-state index in [-0.39, 0.29) is 24.1 Å².